The quantitative estimate of drug-likeness (QED) is 0.890. The summed E-state index contributed by atoms with van der Waals surface area (Å²) >= 11 is 9.51. The van der Waals surface area contributed by atoms with E-state index in [1.165, 1.54) is 0 Å². The first kappa shape index (κ1) is 12.9. The highest BCUT2D eigenvalue weighted by Crippen LogP contribution is 2.27. The van der Waals surface area contributed by atoms with E-state index in [1.54, 1.807) is 12.3 Å². The predicted octanol–water partition coefficient (Wildman–Crippen LogP) is 4.42. The van der Waals surface area contributed by atoms with Crippen LogP contribution in [-0.4, -0.2) is 4.98 Å². The van der Waals surface area contributed by atoms with Crippen molar-refractivity contribution >= 4 is 39.0 Å². The van der Waals surface area contributed by atoms with Crippen LogP contribution in [0.15, 0.2) is 34.9 Å². The van der Waals surface area contributed by atoms with Crippen molar-refractivity contribution in [3.63, 3.8) is 0 Å². The third kappa shape index (κ3) is 2.81. The van der Waals surface area contributed by atoms with Gasteiger partial charge in [0.25, 0.3) is 0 Å². The third-order valence-corrected chi connectivity index (χ3v) is 3.15. The smallest absolute Gasteiger partial charge is 0.150 e. The summed E-state index contributed by atoms with van der Waals surface area (Å²) in [6, 6.07) is 9.51. The minimum Gasteiger partial charge on any atom is -0.339 e. The molecule has 0 fully saturated rings. The number of hydrogen-bond donors (Lipinski definition) is 1. The summed E-state index contributed by atoms with van der Waals surface area (Å²) in [5, 5.41) is 12.3. The Morgan fingerprint density at radius 1 is 1.39 bits per heavy atom. The number of rotatable bonds is 2. The monoisotopic (exact) mass is 321 g/mol. The molecule has 0 amide bonds. The number of aromatic nitrogens is 1. The summed E-state index contributed by atoms with van der Waals surface area (Å²) in [6.45, 7) is 2.00. The van der Waals surface area contributed by atoms with E-state index in [0.29, 0.717) is 16.4 Å². The molecule has 0 aliphatic carbocycles. The number of nitrogens with zero attached hydrogens (tertiary/aromatic N) is 2. The van der Waals surface area contributed by atoms with Gasteiger partial charge >= 0.3 is 0 Å². The minimum absolute atomic E-state index is 0.331. The molecule has 0 bridgehead atoms. The molecule has 1 aromatic heterocycles. The van der Waals surface area contributed by atoms with Crippen molar-refractivity contribution in [2.45, 2.75) is 6.92 Å². The van der Waals surface area contributed by atoms with Crippen molar-refractivity contribution in [1.82, 2.24) is 4.98 Å². The molecular weight excluding hydrogens is 314 g/mol. The summed E-state index contributed by atoms with van der Waals surface area (Å²) in [7, 11) is 0. The second-order valence-electron chi connectivity index (χ2n) is 3.78. The summed E-state index contributed by atoms with van der Waals surface area (Å²) in [6.07, 6.45) is 1.55. The molecule has 5 heteroatoms. The molecule has 0 aliphatic heterocycles. The van der Waals surface area contributed by atoms with Crippen LogP contribution < -0.4 is 5.32 Å². The van der Waals surface area contributed by atoms with Gasteiger partial charge in [0.2, 0.25) is 0 Å². The lowest BCUT2D eigenvalue weighted by Gasteiger charge is -2.09. The number of nitriles is 1. The second kappa shape index (κ2) is 5.38. The number of hydrogen-bond acceptors (Lipinski definition) is 3. The van der Waals surface area contributed by atoms with Gasteiger partial charge in [0.15, 0.2) is 5.82 Å². The first-order valence-corrected chi connectivity index (χ1v) is 6.36. The van der Waals surface area contributed by atoms with Gasteiger partial charge in [-0.1, -0.05) is 27.5 Å². The number of aryl methyl sites for hydroxylation is 1. The molecule has 0 unspecified atom stereocenters. The lowest BCUT2D eigenvalue weighted by atomic mass is 10.2. The molecule has 0 saturated carbocycles. The van der Waals surface area contributed by atoms with Crippen LogP contribution in [0.4, 0.5) is 11.5 Å². The maximum absolute atomic E-state index is 8.90. The number of pyridine rings is 1. The van der Waals surface area contributed by atoms with Crippen LogP contribution in [0.5, 0.6) is 0 Å². The normalized spacial score (nSPS) is 9.89. The fraction of sp³-hybridized carbons (Fsp3) is 0.0769. The molecule has 0 saturated heterocycles. The first-order valence-electron chi connectivity index (χ1n) is 5.19. The Kier molecular flexibility index (Phi) is 3.85. The standard InChI is InChI=1S/C13H9BrClN3/c1-8-4-10(14)6-11(5-8)18-13-12(15)9(7-16)2-3-17-13/h2-6H,1H3,(H,17,18). The predicted molar refractivity (Wildman–Crippen MR) is 76.1 cm³/mol. The van der Waals surface area contributed by atoms with Gasteiger partial charge in [-0.05, 0) is 36.8 Å². The van der Waals surface area contributed by atoms with Crippen molar-refractivity contribution < 1.29 is 0 Å². The van der Waals surface area contributed by atoms with Gasteiger partial charge in [-0.25, -0.2) is 4.98 Å². The van der Waals surface area contributed by atoms with Gasteiger partial charge in [0, 0.05) is 16.4 Å². The Hall–Kier alpha value is -1.57. The van der Waals surface area contributed by atoms with Crippen molar-refractivity contribution in [3.05, 3.63) is 51.1 Å². The molecule has 18 heavy (non-hydrogen) atoms. The number of benzene rings is 1. The topological polar surface area (TPSA) is 48.7 Å². The Balaban J connectivity index is 2.37. The summed E-state index contributed by atoms with van der Waals surface area (Å²) < 4.78 is 0.970. The van der Waals surface area contributed by atoms with Crippen molar-refractivity contribution in [2.75, 3.05) is 5.32 Å². The minimum atomic E-state index is 0.331. The van der Waals surface area contributed by atoms with Crippen LogP contribution in [0.2, 0.25) is 5.02 Å². The fourth-order valence-corrected chi connectivity index (χ4v) is 2.37. The Bertz CT molecular complexity index is 614. The summed E-state index contributed by atoms with van der Waals surface area (Å²) in [5.41, 5.74) is 2.38. The van der Waals surface area contributed by atoms with Gasteiger partial charge in [-0.3, -0.25) is 0 Å². The van der Waals surface area contributed by atoms with E-state index in [9.17, 15) is 0 Å². The molecule has 2 aromatic rings. The van der Waals surface area contributed by atoms with E-state index < -0.39 is 0 Å². The van der Waals surface area contributed by atoms with Gasteiger partial charge in [-0.15, -0.1) is 0 Å². The van der Waals surface area contributed by atoms with Crippen LogP contribution in [-0.2, 0) is 0 Å². The van der Waals surface area contributed by atoms with Crippen LogP contribution in [0.1, 0.15) is 11.1 Å². The largest absolute Gasteiger partial charge is 0.339 e. The van der Waals surface area contributed by atoms with Gasteiger partial charge in [0.1, 0.15) is 11.1 Å². The Labute approximate surface area is 119 Å². The van der Waals surface area contributed by atoms with E-state index >= 15 is 0 Å². The van der Waals surface area contributed by atoms with Crippen LogP contribution in [0.25, 0.3) is 0 Å². The molecule has 0 atom stereocenters. The zero-order valence-corrected chi connectivity index (χ0v) is 11.9. The Morgan fingerprint density at radius 3 is 2.83 bits per heavy atom. The molecule has 1 aromatic carbocycles. The zero-order chi connectivity index (χ0) is 13.1. The van der Waals surface area contributed by atoms with Gasteiger partial charge < -0.3 is 5.32 Å². The van der Waals surface area contributed by atoms with Crippen molar-refractivity contribution in [2.24, 2.45) is 0 Å². The zero-order valence-electron chi connectivity index (χ0n) is 9.54. The van der Waals surface area contributed by atoms with Crippen LogP contribution in [0, 0.1) is 18.3 Å². The second-order valence-corrected chi connectivity index (χ2v) is 5.07. The van der Waals surface area contributed by atoms with Gasteiger partial charge in [0.05, 0.1) is 5.56 Å². The highest BCUT2D eigenvalue weighted by atomic mass is 79.9. The van der Waals surface area contributed by atoms with E-state index in [4.69, 9.17) is 16.9 Å². The molecule has 0 aliphatic rings. The average Bonchev–Trinajstić information content (AvgIpc) is 2.30. The average molecular weight is 323 g/mol. The molecule has 0 spiro atoms. The molecule has 1 heterocycles. The maximum atomic E-state index is 8.90. The fourth-order valence-electron chi connectivity index (χ4n) is 1.56. The molecule has 1 N–H and O–H groups in total. The maximum Gasteiger partial charge on any atom is 0.150 e. The molecule has 2 rings (SSSR count). The number of nitrogens with one attached hydrogen (secondary N) is 1. The molecule has 0 radical (unpaired) electrons. The summed E-state index contributed by atoms with van der Waals surface area (Å²) in [4.78, 5) is 4.13. The molecule has 90 valence electrons. The first-order chi connectivity index (χ1) is 8.60. The highest BCUT2D eigenvalue weighted by molar-refractivity contribution is 9.10. The van der Waals surface area contributed by atoms with Crippen LogP contribution in [0.3, 0.4) is 0 Å². The van der Waals surface area contributed by atoms with E-state index in [1.807, 2.05) is 31.2 Å². The Morgan fingerprint density at radius 2 is 2.17 bits per heavy atom. The number of anilines is 2. The molecular formula is C13H9BrClN3. The lowest BCUT2D eigenvalue weighted by Crippen LogP contribution is -1.96. The third-order valence-electron chi connectivity index (χ3n) is 2.31. The SMILES string of the molecule is Cc1cc(Br)cc(Nc2nccc(C#N)c2Cl)c1. The van der Waals surface area contributed by atoms with Gasteiger partial charge in [-0.2, -0.15) is 5.26 Å². The van der Waals surface area contributed by atoms with Crippen LogP contribution >= 0.6 is 27.5 Å². The molecule has 3 nitrogen and oxygen atoms in total. The van der Waals surface area contributed by atoms with E-state index in [2.05, 4.69) is 26.2 Å². The lowest BCUT2D eigenvalue weighted by molar-refractivity contribution is 1.29. The van der Waals surface area contributed by atoms with Crippen molar-refractivity contribution in [1.29, 1.82) is 5.26 Å². The van der Waals surface area contributed by atoms with E-state index in [0.717, 1.165) is 15.7 Å². The summed E-state index contributed by atoms with van der Waals surface area (Å²) in [5.74, 6) is 0.480. The van der Waals surface area contributed by atoms with E-state index in [-0.39, 0.29) is 0 Å². The highest BCUT2D eigenvalue weighted by Gasteiger charge is 2.07. The van der Waals surface area contributed by atoms with Crippen molar-refractivity contribution in [3.8, 4) is 6.07 Å². The number of halogens is 2.